The van der Waals surface area contributed by atoms with Crippen LogP contribution in [0.3, 0.4) is 0 Å². The lowest BCUT2D eigenvalue weighted by Gasteiger charge is -2.21. The molecule has 0 aliphatic heterocycles. The van der Waals surface area contributed by atoms with Gasteiger partial charge in [0, 0.05) is 17.5 Å². The molecule has 1 N–H and O–H groups in total. The first-order chi connectivity index (χ1) is 14.8. The van der Waals surface area contributed by atoms with Crippen LogP contribution in [0, 0.1) is 0 Å². The summed E-state index contributed by atoms with van der Waals surface area (Å²) < 4.78 is 7.75. The van der Waals surface area contributed by atoms with Crippen molar-refractivity contribution >= 4 is 24.9 Å². The Bertz CT molecular complexity index is 1260. The average molecular weight is 431 g/mol. The Balaban J connectivity index is 1.98. The van der Waals surface area contributed by atoms with Crippen LogP contribution in [-0.4, -0.2) is 35.9 Å². The van der Waals surface area contributed by atoms with E-state index in [1.54, 1.807) is 25.3 Å². The zero-order chi connectivity index (χ0) is 22.2. The highest BCUT2D eigenvalue weighted by Gasteiger charge is 2.27. The molecule has 2 aromatic carbocycles. The van der Waals surface area contributed by atoms with Crippen LogP contribution in [0.2, 0.25) is 19.6 Å². The van der Waals surface area contributed by atoms with Gasteiger partial charge in [0.1, 0.15) is 13.8 Å². The molecular formula is C25H26N2O3Si. The number of ether oxygens (including phenoxy) is 1. The van der Waals surface area contributed by atoms with Crippen molar-refractivity contribution in [1.29, 1.82) is 0 Å². The summed E-state index contributed by atoms with van der Waals surface area (Å²) in [6.07, 6.45) is 0.590. The molecule has 0 atom stereocenters. The molecule has 0 aliphatic carbocycles. The molecular weight excluding hydrogens is 404 g/mol. The SMILES string of the molecule is COc1ccc2c(Cc3cccc(C(=O)O)c3)c(-c3ccccc3)nn2c1[Si](C)(C)C. The van der Waals surface area contributed by atoms with Crippen molar-refractivity contribution in [3.63, 3.8) is 0 Å². The number of nitrogens with zero attached hydrogens (tertiary/aromatic N) is 2. The molecule has 31 heavy (non-hydrogen) atoms. The standard InChI is InChI=1S/C25H26N2O3Si/c1-30-22-14-13-21-20(16-17-9-8-12-19(15-17)25(28)29)23(18-10-6-5-7-11-18)26-27(21)24(22)31(2,3)4/h5-15H,16H2,1-4H3,(H,28,29). The molecule has 0 bridgehead atoms. The van der Waals surface area contributed by atoms with E-state index in [0.717, 1.165) is 39.0 Å². The molecule has 2 heterocycles. The van der Waals surface area contributed by atoms with Gasteiger partial charge in [-0.1, -0.05) is 62.1 Å². The van der Waals surface area contributed by atoms with E-state index in [2.05, 4.69) is 37.8 Å². The Hall–Kier alpha value is -3.38. The van der Waals surface area contributed by atoms with Crippen LogP contribution in [0.4, 0.5) is 0 Å². The molecule has 0 fully saturated rings. The van der Waals surface area contributed by atoms with Gasteiger partial charge in [-0.15, -0.1) is 0 Å². The quantitative estimate of drug-likeness (QED) is 0.445. The zero-order valence-electron chi connectivity index (χ0n) is 18.2. The van der Waals surface area contributed by atoms with Crippen molar-refractivity contribution in [2.75, 3.05) is 7.11 Å². The van der Waals surface area contributed by atoms with E-state index in [0.29, 0.717) is 12.0 Å². The summed E-state index contributed by atoms with van der Waals surface area (Å²) in [5, 5.41) is 15.6. The summed E-state index contributed by atoms with van der Waals surface area (Å²) >= 11 is 0. The number of hydrogen-bond acceptors (Lipinski definition) is 3. The topological polar surface area (TPSA) is 63.8 Å². The van der Waals surface area contributed by atoms with Crippen LogP contribution in [0.25, 0.3) is 16.8 Å². The number of fused-ring (bicyclic) bond motifs is 1. The largest absolute Gasteiger partial charge is 0.495 e. The third-order valence-corrected chi connectivity index (χ3v) is 7.27. The van der Waals surface area contributed by atoms with Crippen molar-refractivity contribution in [1.82, 2.24) is 9.61 Å². The summed E-state index contributed by atoms with van der Waals surface area (Å²) in [6, 6.07) is 21.3. The van der Waals surface area contributed by atoms with Crippen molar-refractivity contribution in [2.45, 2.75) is 26.1 Å². The Morgan fingerprint density at radius 1 is 1.03 bits per heavy atom. The third kappa shape index (κ3) is 3.99. The fourth-order valence-electron chi connectivity index (χ4n) is 4.02. The zero-order valence-corrected chi connectivity index (χ0v) is 19.2. The lowest BCUT2D eigenvalue weighted by molar-refractivity contribution is 0.0696. The number of pyridine rings is 1. The fraction of sp³-hybridized carbons (Fsp3) is 0.200. The lowest BCUT2D eigenvalue weighted by Crippen LogP contribution is -2.43. The molecule has 0 amide bonds. The maximum Gasteiger partial charge on any atom is 0.335 e. The molecule has 4 rings (SSSR count). The van der Waals surface area contributed by atoms with Crippen molar-refractivity contribution in [3.05, 3.63) is 83.4 Å². The van der Waals surface area contributed by atoms with Crippen molar-refractivity contribution in [3.8, 4) is 17.0 Å². The maximum atomic E-state index is 11.5. The molecule has 0 aliphatic rings. The number of rotatable bonds is 6. The normalized spacial score (nSPS) is 11.6. The minimum absolute atomic E-state index is 0.291. The van der Waals surface area contributed by atoms with Crippen LogP contribution in [0.1, 0.15) is 21.5 Å². The van der Waals surface area contributed by atoms with E-state index in [9.17, 15) is 9.90 Å². The van der Waals surface area contributed by atoms with Gasteiger partial charge in [0.05, 0.1) is 29.2 Å². The molecule has 6 heteroatoms. The number of benzene rings is 2. The summed E-state index contributed by atoms with van der Waals surface area (Å²) in [5.74, 6) is -0.0658. The highest BCUT2D eigenvalue weighted by Crippen LogP contribution is 2.30. The second kappa shape index (κ2) is 8.04. The van der Waals surface area contributed by atoms with Crippen molar-refractivity contribution < 1.29 is 14.6 Å². The number of carboxylic acids is 1. The number of aromatic nitrogens is 2. The molecule has 4 aromatic rings. The van der Waals surface area contributed by atoms with Crippen LogP contribution in [0.15, 0.2) is 66.7 Å². The molecule has 0 spiro atoms. The Morgan fingerprint density at radius 3 is 2.42 bits per heavy atom. The molecule has 0 radical (unpaired) electrons. The first-order valence-corrected chi connectivity index (χ1v) is 13.8. The Labute approximate surface area is 182 Å². The van der Waals surface area contributed by atoms with E-state index in [-0.39, 0.29) is 0 Å². The summed E-state index contributed by atoms with van der Waals surface area (Å²) in [6.45, 7) is 6.85. The van der Waals surface area contributed by atoms with Gasteiger partial charge in [0.2, 0.25) is 0 Å². The highest BCUT2D eigenvalue weighted by molar-refractivity contribution is 6.88. The van der Waals surface area contributed by atoms with Crippen LogP contribution in [-0.2, 0) is 6.42 Å². The van der Waals surface area contributed by atoms with E-state index in [1.807, 2.05) is 34.8 Å². The summed E-state index contributed by atoms with van der Waals surface area (Å²) in [4.78, 5) is 11.5. The molecule has 158 valence electrons. The number of hydrogen-bond donors (Lipinski definition) is 1. The van der Waals surface area contributed by atoms with E-state index in [4.69, 9.17) is 9.84 Å². The number of aromatic carboxylic acids is 1. The van der Waals surface area contributed by atoms with Crippen molar-refractivity contribution in [2.24, 2.45) is 0 Å². The monoisotopic (exact) mass is 430 g/mol. The van der Waals surface area contributed by atoms with Gasteiger partial charge in [0.25, 0.3) is 0 Å². The molecule has 0 saturated carbocycles. The number of carbonyl (C=O) groups is 1. The van der Waals surface area contributed by atoms with E-state index >= 15 is 0 Å². The molecule has 0 unspecified atom stereocenters. The average Bonchev–Trinajstić information content (AvgIpc) is 3.11. The smallest absolute Gasteiger partial charge is 0.335 e. The van der Waals surface area contributed by atoms with E-state index in [1.165, 1.54) is 0 Å². The second-order valence-corrected chi connectivity index (χ2v) is 13.6. The Kier molecular flexibility index (Phi) is 5.41. The first kappa shape index (κ1) is 20.9. The van der Waals surface area contributed by atoms with Gasteiger partial charge in [-0.25, -0.2) is 9.31 Å². The lowest BCUT2D eigenvalue weighted by atomic mass is 9.98. The predicted octanol–water partition coefficient (Wildman–Crippen LogP) is 4.84. The Morgan fingerprint density at radius 2 is 1.77 bits per heavy atom. The van der Waals surface area contributed by atoms with Gasteiger partial charge in [-0.05, 0) is 29.8 Å². The maximum absolute atomic E-state index is 11.5. The summed E-state index contributed by atoms with van der Waals surface area (Å²) in [5.41, 5.74) is 5.29. The summed E-state index contributed by atoms with van der Waals surface area (Å²) in [7, 11) is -0.0928. The van der Waals surface area contributed by atoms with Crippen LogP contribution >= 0.6 is 0 Å². The third-order valence-electron chi connectivity index (χ3n) is 5.39. The molecule has 2 aromatic heterocycles. The highest BCUT2D eigenvalue weighted by atomic mass is 28.3. The minimum atomic E-state index is -1.79. The van der Waals surface area contributed by atoms with Gasteiger partial charge in [-0.3, -0.25) is 0 Å². The van der Waals surface area contributed by atoms with Gasteiger partial charge in [0.15, 0.2) is 0 Å². The van der Waals surface area contributed by atoms with Crippen LogP contribution < -0.4 is 10.1 Å². The number of carboxylic acid groups (broad SMARTS) is 1. The molecule has 0 saturated heterocycles. The van der Waals surface area contributed by atoms with Gasteiger partial charge >= 0.3 is 5.97 Å². The van der Waals surface area contributed by atoms with Gasteiger partial charge < -0.3 is 9.84 Å². The minimum Gasteiger partial charge on any atom is -0.495 e. The fourth-order valence-corrected chi connectivity index (χ4v) is 5.75. The first-order valence-electron chi connectivity index (χ1n) is 10.3. The van der Waals surface area contributed by atoms with E-state index < -0.39 is 14.0 Å². The predicted molar refractivity (Wildman–Crippen MR) is 126 cm³/mol. The number of methoxy groups -OCH3 is 1. The van der Waals surface area contributed by atoms with Crippen LogP contribution in [0.5, 0.6) is 5.75 Å². The second-order valence-electron chi connectivity index (χ2n) is 8.67. The molecule has 5 nitrogen and oxygen atoms in total. The van der Waals surface area contributed by atoms with Gasteiger partial charge in [-0.2, -0.15) is 5.10 Å².